The summed E-state index contributed by atoms with van der Waals surface area (Å²) in [6.07, 6.45) is -9.50. The van der Waals surface area contributed by atoms with E-state index >= 15 is 0 Å². The largest absolute Gasteiger partial charge is 0.575 e. The van der Waals surface area contributed by atoms with Gasteiger partial charge in [0.25, 0.3) is 0 Å². The van der Waals surface area contributed by atoms with Crippen LogP contribution in [0.2, 0.25) is 0 Å². The van der Waals surface area contributed by atoms with Gasteiger partial charge in [-0.05, 0) is 0 Å². The fourth-order valence-corrected chi connectivity index (χ4v) is 0.653. The Bertz CT molecular complexity index is 332. The standard InChI is InChI=1S/C6H2F6N2O2/c7-5(8,9)15-3-1-2-13-4(14-3)16-6(10,11)12/h1-2H. The summed E-state index contributed by atoms with van der Waals surface area (Å²) < 4.78 is 76.4. The molecule has 4 nitrogen and oxygen atoms in total. The number of halogens is 6. The van der Waals surface area contributed by atoms with E-state index in [9.17, 15) is 26.3 Å². The first-order chi connectivity index (χ1) is 7.16. The van der Waals surface area contributed by atoms with Gasteiger partial charge in [0.15, 0.2) is 0 Å². The van der Waals surface area contributed by atoms with Crippen LogP contribution in [-0.2, 0) is 0 Å². The zero-order chi connectivity index (χ0) is 12.4. The minimum atomic E-state index is -5.09. The van der Waals surface area contributed by atoms with E-state index < -0.39 is 24.6 Å². The Morgan fingerprint density at radius 3 is 2.00 bits per heavy atom. The van der Waals surface area contributed by atoms with Crippen molar-refractivity contribution in [2.75, 3.05) is 0 Å². The van der Waals surface area contributed by atoms with Crippen LogP contribution in [-0.4, -0.2) is 22.7 Å². The van der Waals surface area contributed by atoms with Gasteiger partial charge >= 0.3 is 18.7 Å². The molecule has 0 aliphatic carbocycles. The van der Waals surface area contributed by atoms with Crippen molar-refractivity contribution in [3.05, 3.63) is 12.3 Å². The minimum Gasteiger partial charge on any atom is -0.388 e. The van der Waals surface area contributed by atoms with E-state index in [1.54, 1.807) is 0 Å². The summed E-state index contributed by atoms with van der Waals surface area (Å²) in [7, 11) is 0. The maximum Gasteiger partial charge on any atom is 0.575 e. The van der Waals surface area contributed by atoms with Gasteiger partial charge in [-0.2, -0.15) is 4.98 Å². The maximum atomic E-state index is 11.7. The number of nitrogens with zero attached hydrogens (tertiary/aromatic N) is 2. The number of hydrogen-bond acceptors (Lipinski definition) is 4. The molecule has 0 spiro atoms. The second-order valence-electron chi connectivity index (χ2n) is 2.27. The van der Waals surface area contributed by atoms with Crippen molar-refractivity contribution in [2.24, 2.45) is 0 Å². The second-order valence-corrected chi connectivity index (χ2v) is 2.27. The number of aromatic nitrogens is 2. The van der Waals surface area contributed by atoms with Crippen molar-refractivity contribution in [1.29, 1.82) is 0 Å². The minimum absolute atomic E-state index is 0.634. The van der Waals surface area contributed by atoms with Gasteiger partial charge < -0.3 is 9.47 Å². The van der Waals surface area contributed by atoms with E-state index in [4.69, 9.17) is 0 Å². The molecule has 0 amide bonds. The summed E-state index contributed by atoms with van der Waals surface area (Å²) in [5.41, 5.74) is 0. The molecule has 0 aliphatic rings. The Balaban J connectivity index is 2.79. The first-order valence-electron chi connectivity index (χ1n) is 3.50. The van der Waals surface area contributed by atoms with Crippen LogP contribution in [0.25, 0.3) is 0 Å². The molecule has 10 heteroatoms. The van der Waals surface area contributed by atoms with Crippen molar-refractivity contribution in [3.63, 3.8) is 0 Å². The molecule has 0 saturated heterocycles. The molecule has 1 aromatic heterocycles. The average Bonchev–Trinajstić information content (AvgIpc) is 1.96. The zero-order valence-corrected chi connectivity index (χ0v) is 7.13. The summed E-state index contributed by atoms with van der Waals surface area (Å²) in [6.45, 7) is 0. The van der Waals surface area contributed by atoms with E-state index in [0.29, 0.717) is 12.3 Å². The Morgan fingerprint density at radius 1 is 0.938 bits per heavy atom. The van der Waals surface area contributed by atoms with Gasteiger partial charge in [-0.3, -0.25) is 0 Å². The molecule has 0 saturated carbocycles. The van der Waals surface area contributed by atoms with Crippen LogP contribution in [0.3, 0.4) is 0 Å². The number of rotatable bonds is 2. The van der Waals surface area contributed by atoms with Gasteiger partial charge in [0.05, 0.1) is 0 Å². The molecular formula is C6H2F6N2O2. The smallest absolute Gasteiger partial charge is 0.388 e. The molecule has 0 N–H and O–H groups in total. The molecular weight excluding hydrogens is 246 g/mol. The molecule has 90 valence electrons. The third kappa shape index (κ3) is 4.66. The molecule has 0 unspecified atom stereocenters. The molecule has 0 bridgehead atoms. The summed E-state index contributed by atoms with van der Waals surface area (Å²) in [5, 5.41) is 0. The summed E-state index contributed by atoms with van der Waals surface area (Å²) in [4.78, 5) is 5.70. The van der Waals surface area contributed by atoms with Crippen LogP contribution < -0.4 is 9.47 Å². The molecule has 1 rings (SSSR count). The number of ether oxygens (including phenoxy) is 2. The fourth-order valence-electron chi connectivity index (χ4n) is 0.653. The van der Waals surface area contributed by atoms with Gasteiger partial charge in [0, 0.05) is 12.3 Å². The summed E-state index contributed by atoms with van der Waals surface area (Å²) >= 11 is 0. The third-order valence-corrected chi connectivity index (χ3v) is 1.04. The molecule has 0 fully saturated rings. The Labute approximate surface area is 83.8 Å². The highest BCUT2D eigenvalue weighted by Gasteiger charge is 2.34. The molecule has 0 aromatic carbocycles. The molecule has 0 aliphatic heterocycles. The Hall–Kier alpha value is -1.74. The Kier molecular flexibility index (Phi) is 3.10. The van der Waals surface area contributed by atoms with E-state index in [0.717, 1.165) is 0 Å². The maximum absolute atomic E-state index is 11.7. The molecule has 1 heterocycles. The quantitative estimate of drug-likeness (QED) is 0.753. The van der Waals surface area contributed by atoms with E-state index in [1.807, 2.05) is 0 Å². The van der Waals surface area contributed by atoms with Crippen molar-refractivity contribution in [3.8, 4) is 11.9 Å². The predicted molar refractivity (Wildman–Crippen MR) is 35.4 cm³/mol. The van der Waals surface area contributed by atoms with Crippen LogP contribution in [0.15, 0.2) is 12.3 Å². The average molecular weight is 248 g/mol. The second kappa shape index (κ2) is 4.02. The van der Waals surface area contributed by atoms with Crippen LogP contribution in [0, 0.1) is 0 Å². The van der Waals surface area contributed by atoms with Crippen LogP contribution in [0.1, 0.15) is 0 Å². The SMILES string of the molecule is FC(F)(F)Oc1ccnc(OC(F)(F)F)n1. The van der Waals surface area contributed by atoms with Gasteiger partial charge in [-0.15, -0.1) is 26.3 Å². The number of hydrogen-bond donors (Lipinski definition) is 0. The molecule has 1 aromatic rings. The normalized spacial score (nSPS) is 12.4. The highest BCUT2D eigenvalue weighted by Crippen LogP contribution is 2.24. The lowest BCUT2D eigenvalue weighted by molar-refractivity contribution is -0.280. The van der Waals surface area contributed by atoms with Gasteiger partial charge in [0.1, 0.15) is 0 Å². The van der Waals surface area contributed by atoms with Crippen molar-refractivity contribution in [1.82, 2.24) is 9.97 Å². The van der Waals surface area contributed by atoms with Gasteiger partial charge in [-0.25, -0.2) is 4.98 Å². The lowest BCUT2D eigenvalue weighted by atomic mass is 10.6. The van der Waals surface area contributed by atoms with Crippen molar-refractivity contribution < 1.29 is 35.8 Å². The molecule has 16 heavy (non-hydrogen) atoms. The molecule has 0 atom stereocenters. The van der Waals surface area contributed by atoms with Crippen LogP contribution in [0.5, 0.6) is 11.9 Å². The topological polar surface area (TPSA) is 44.2 Å². The van der Waals surface area contributed by atoms with Gasteiger partial charge in [0.2, 0.25) is 5.88 Å². The van der Waals surface area contributed by atoms with Gasteiger partial charge in [-0.1, -0.05) is 0 Å². The number of alkyl halides is 6. The molecule has 0 radical (unpaired) electrons. The third-order valence-electron chi connectivity index (χ3n) is 1.04. The van der Waals surface area contributed by atoms with E-state index in [2.05, 4.69) is 19.4 Å². The zero-order valence-electron chi connectivity index (χ0n) is 7.13. The van der Waals surface area contributed by atoms with Crippen molar-refractivity contribution >= 4 is 0 Å². The highest BCUT2D eigenvalue weighted by atomic mass is 19.4. The lowest BCUT2D eigenvalue weighted by Gasteiger charge is -2.09. The summed E-state index contributed by atoms with van der Waals surface area (Å²) in [6, 6.07) is -0.647. The first-order valence-corrected chi connectivity index (χ1v) is 3.50. The highest BCUT2D eigenvalue weighted by molar-refractivity contribution is 5.11. The fraction of sp³-hybridized carbons (Fsp3) is 0.333. The van der Waals surface area contributed by atoms with E-state index in [1.165, 1.54) is 0 Å². The van der Waals surface area contributed by atoms with Crippen molar-refractivity contribution in [2.45, 2.75) is 12.7 Å². The van der Waals surface area contributed by atoms with Crippen LogP contribution in [0.4, 0.5) is 26.3 Å². The summed E-state index contributed by atoms with van der Waals surface area (Å²) in [5.74, 6) is -1.10. The Morgan fingerprint density at radius 2 is 1.50 bits per heavy atom. The monoisotopic (exact) mass is 248 g/mol. The van der Waals surface area contributed by atoms with E-state index in [-0.39, 0.29) is 0 Å². The predicted octanol–water partition coefficient (Wildman–Crippen LogP) is 2.27. The lowest BCUT2D eigenvalue weighted by Crippen LogP contribution is -2.20. The van der Waals surface area contributed by atoms with Crippen LogP contribution >= 0.6 is 0 Å². The first kappa shape index (κ1) is 12.3.